The zero-order valence-electron chi connectivity index (χ0n) is 10.7. The monoisotopic (exact) mass is 428 g/mol. The van der Waals surface area contributed by atoms with Crippen LogP contribution in [0, 0.1) is 20.2 Å². The van der Waals surface area contributed by atoms with Crippen molar-refractivity contribution in [1.82, 2.24) is 0 Å². The maximum absolute atomic E-state index is 12.5. The van der Waals surface area contributed by atoms with Crippen LogP contribution < -0.4 is 0 Å². The zero-order chi connectivity index (χ0) is 16.4. The summed E-state index contributed by atoms with van der Waals surface area (Å²) in [4.78, 5) is 32.9. The first kappa shape index (κ1) is 16.2. The van der Waals surface area contributed by atoms with Crippen molar-refractivity contribution in [2.24, 2.45) is 0 Å². The van der Waals surface area contributed by atoms with Crippen molar-refractivity contribution in [2.75, 3.05) is 0 Å². The summed E-state index contributed by atoms with van der Waals surface area (Å²) in [6.45, 7) is 0. The molecule has 0 aliphatic heterocycles. The van der Waals surface area contributed by atoms with Crippen molar-refractivity contribution in [3.63, 3.8) is 0 Å². The first-order valence-electron chi connectivity index (χ1n) is 5.74. The highest BCUT2D eigenvalue weighted by molar-refractivity contribution is 9.10. The highest BCUT2D eigenvalue weighted by Gasteiger charge is 2.33. The molecule has 0 bridgehead atoms. The molecule has 0 radical (unpaired) electrons. The van der Waals surface area contributed by atoms with E-state index >= 15 is 0 Å². The van der Waals surface area contributed by atoms with Gasteiger partial charge >= 0.3 is 11.4 Å². The molecule has 0 aliphatic rings. The largest absolute Gasteiger partial charge is 0.357 e. The minimum atomic E-state index is -0.921. The van der Waals surface area contributed by atoms with Crippen LogP contribution in [0.1, 0.15) is 15.9 Å². The number of hydrogen-bond donors (Lipinski definition) is 0. The van der Waals surface area contributed by atoms with Crippen molar-refractivity contribution in [3.05, 3.63) is 76.7 Å². The average Bonchev–Trinajstić information content (AvgIpc) is 2.45. The Balaban J connectivity index is 2.71. The second-order valence-electron chi connectivity index (χ2n) is 4.17. The highest BCUT2D eigenvalue weighted by atomic mass is 79.9. The molecular weight excluding hydrogens is 424 g/mol. The van der Waals surface area contributed by atoms with Crippen LogP contribution >= 0.6 is 31.9 Å². The van der Waals surface area contributed by atoms with Gasteiger partial charge in [-0.05, 0) is 18.2 Å². The van der Waals surface area contributed by atoms with E-state index in [0.717, 1.165) is 6.07 Å². The molecule has 7 nitrogen and oxygen atoms in total. The van der Waals surface area contributed by atoms with Crippen LogP contribution in [0.5, 0.6) is 0 Å². The number of carbonyl (C=O) groups is 1. The van der Waals surface area contributed by atoms with Gasteiger partial charge in [0.25, 0.3) is 0 Å². The molecule has 112 valence electrons. The third-order valence-corrected chi connectivity index (χ3v) is 3.72. The molecule has 0 aromatic heterocycles. The molecule has 2 rings (SSSR count). The molecular formula is C13H6Br2N2O5. The van der Waals surface area contributed by atoms with E-state index in [0.29, 0.717) is 4.47 Å². The predicted molar refractivity (Wildman–Crippen MR) is 85.0 cm³/mol. The van der Waals surface area contributed by atoms with Crippen LogP contribution in [0.2, 0.25) is 0 Å². The van der Waals surface area contributed by atoms with Gasteiger partial charge in [0.05, 0.1) is 9.85 Å². The predicted octanol–water partition coefficient (Wildman–Crippen LogP) is 4.26. The number of ketones is 1. The van der Waals surface area contributed by atoms with E-state index in [9.17, 15) is 25.0 Å². The normalized spacial score (nSPS) is 10.3. The van der Waals surface area contributed by atoms with E-state index in [1.54, 1.807) is 12.1 Å². The van der Waals surface area contributed by atoms with Crippen LogP contribution in [0.25, 0.3) is 0 Å². The fourth-order valence-corrected chi connectivity index (χ4v) is 2.72. The Labute approximate surface area is 140 Å². The van der Waals surface area contributed by atoms with E-state index in [-0.39, 0.29) is 15.6 Å². The van der Waals surface area contributed by atoms with Gasteiger partial charge in [-0.15, -0.1) is 0 Å². The van der Waals surface area contributed by atoms with Gasteiger partial charge in [0.15, 0.2) is 5.78 Å². The van der Waals surface area contributed by atoms with E-state index in [1.807, 2.05) is 0 Å². The summed E-state index contributed by atoms with van der Waals surface area (Å²) in [5.74, 6) is -0.669. The molecule has 0 unspecified atom stereocenters. The van der Waals surface area contributed by atoms with Gasteiger partial charge in [0.2, 0.25) is 0 Å². The van der Waals surface area contributed by atoms with Crippen LogP contribution in [0.3, 0.4) is 0 Å². The van der Waals surface area contributed by atoms with Crippen LogP contribution in [0.4, 0.5) is 11.4 Å². The number of rotatable bonds is 4. The van der Waals surface area contributed by atoms with Crippen LogP contribution in [0.15, 0.2) is 45.3 Å². The molecule has 0 N–H and O–H groups in total. The molecule has 0 fully saturated rings. The lowest BCUT2D eigenvalue weighted by atomic mass is 10.0. The maximum atomic E-state index is 12.5. The van der Waals surface area contributed by atoms with Gasteiger partial charge in [-0.25, -0.2) is 0 Å². The molecule has 0 heterocycles. The Morgan fingerprint density at radius 2 is 1.64 bits per heavy atom. The van der Waals surface area contributed by atoms with Crippen LogP contribution in [-0.4, -0.2) is 15.6 Å². The molecule has 0 saturated heterocycles. The lowest BCUT2D eigenvalue weighted by Crippen LogP contribution is -2.08. The van der Waals surface area contributed by atoms with Crippen molar-refractivity contribution in [3.8, 4) is 0 Å². The molecule has 2 aromatic rings. The van der Waals surface area contributed by atoms with Crippen molar-refractivity contribution in [1.29, 1.82) is 0 Å². The minimum absolute atomic E-state index is 0.185. The standard InChI is InChI=1S/C13H6Br2N2O5/c14-8-3-1-2-7(4-8)13(18)10-5-9(15)6-11(16(19)20)12(10)17(21)22/h1-6H. The second kappa shape index (κ2) is 6.32. The lowest BCUT2D eigenvalue weighted by molar-refractivity contribution is -0.422. The number of nitro groups is 2. The van der Waals surface area contributed by atoms with Gasteiger partial charge in [-0.2, -0.15) is 0 Å². The fourth-order valence-electron chi connectivity index (χ4n) is 1.87. The third-order valence-electron chi connectivity index (χ3n) is 2.77. The Morgan fingerprint density at radius 3 is 2.18 bits per heavy atom. The maximum Gasteiger partial charge on any atom is 0.357 e. The lowest BCUT2D eigenvalue weighted by Gasteiger charge is -2.05. The zero-order valence-corrected chi connectivity index (χ0v) is 13.8. The summed E-state index contributed by atoms with van der Waals surface area (Å²) >= 11 is 6.23. The summed E-state index contributed by atoms with van der Waals surface area (Å²) in [5, 5.41) is 22.2. The Kier molecular flexibility index (Phi) is 4.67. The first-order valence-corrected chi connectivity index (χ1v) is 7.32. The van der Waals surface area contributed by atoms with Gasteiger partial charge < -0.3 is 0 Å². The number of halogens is 2. The van der Waals surface area contributed by atoms with Gasteiger partial charge in [0, 0.05) is 20.6 Å². The summed E-state index contributed by atoms with van der Waals surface area (Å²) < 4.78 is 0.827. The van der Waals surface area contributed by atoms with E-state index in [2.05, 4.69) is 31.9 Å². The molecule has 0 amide bonds. The van der Waals surface area contributed by atoms with E-state index in [1.165, 1.54) is 18.2 Å². The van der Waals surface area contributed by atoms with Crippen molar-refractivity contribution < 1.29 is 14.6 Å². The SMILES string of the molecule is O=C(c1cccc(Br)c1)c1cc(Br)cc([N+](=O)[O-])c1[N+](=O)[O-]. The minimum Gasteiger partial charge on any atom is -0.288 e. The van der Waals surface area contributed by atoms with Gasteiger partial charge in [0.1, 0.15) is 5.56 Å². The second-order valence-corrected chi connectivity index (χ2v) is 6.01. The third kappa shape index (κ3) is 3.20. The molecule has 0 atom stereocenters. The molecule has 0 aliphatic carbocycles. The smallest absolute Gasteiger partial charge is 0.288 e. The highest BCUT2D eigenvalue weighted by Crippen LogP contribution is 2.35. The summed E-state index contributed by atoms with van der Waals surface area (Å²) in [7, 11) is 0. The van der Waals surface area contributed by atoms with E-state index in [4.69, 9.17) is 0 Å². The number of carbonyl (C=O) groups excluding carboxylic acids is 1. The molecule has 2 aromatic carbocycles. The number of nitrogens with zero attached hydrogens (tertiary/aromatic N) is 2. The van der Waals surface area contributed by atoms with E-state index < -0.39 is 27.0 Å². The molecule has 0 saturated carbocycles. The summed E-state index contributed by atoms with van der Waals surface area (Å²) in [6.07, 6.45) is 0. The molecule has 22 heavy (non-hydrogen) atoms. The number of nitro benzene ring substituents is 2. The first-order chi connectivity index (χ1) is 10.3. The fraction of sp³-hybridized carbons (Fsp3) is 0. The van der Waals surface area contributed by atoms with Gasteiger partial charge in [-0.1, -0.05) is 44.0 Å². The van der Waals surface area contributed by atoms with Crippen LogP contribution in [-0.2, 0) is 0 Å². The summed E-state index contributed by atoms with van der Waals surface area (Å²) in [6, 6.07) is 8.44. The Bertz CT molecular complexity index is 807. The topological polar surface area (TPSA) is 103 Å². The van der Waals surface area contributed by atoms with Crippen molar-refractivity contribution >= 4 is 49.0 Å². The Morgan fingerprint density at radius 1 is 0.955 bits per heavy atom. The van der Waals surface area contributed by atoms with Crippen molar-refractivity contribution in [2.45, 2.75) is 0 Å². The molecule has 0 spiro atoms. The summed E-state index contributed by atoms with van der Waals surface area (Å²) in [5.41, 5.74) is -1.72. The molecule has 9 heteroatoms. The number of benzene rings is 2. The average molecular weight is 430 g/mol. The quantitative estimate of drug-likeness (QED) is 0.410. The van der Waals surface area contributed by atoms with Gasteiger partial charge in [-0.3, -0.25) is 25.0 Å². The Hall–Kier alpha value is -2.13. The number of hydrogen-bond acceptors (Lipinski definition) is 5.